The number of aliphatic carboxylic acids is 1. The number of carbonyl (C=O) groups is 3. The van der Waals surface area contributed by atoms with Crippen LogP contribution in [0.4, 0.5) is 0 Å². The first kappa shape index (κ1) is 20.7. The molecular formula is C19H28N2O4. The number of nitrogens with zero attached hydrogens (tertiary/aromatic N) is 1. The fourth-order valence-electron chi connectivity index (χ4n) is 2.60. The number of nitrogens with one attached hydrogen (secondary N) is 1. The van der Waals surface area contributed by atoms with Gasteiger partial charge in [-0.15, -0.1) is 0 Å². The molecule has 1 rings (SSSR count). The molecule has 6 nitrogen and oxygen atoms in total. The van der Waals surface area contributed by atoms with Gasteiger partial charge in [0.15, 0.2) is 0 Å². The van der Waals surface area contributed by atoms with Gasteiger partial charge in [0.05, 0.1) is 0 Å². The second-order valence-electron chi connectivity index (χ2n) is 6.28. The normalized spacial score (nSPS) is 13.0. The standard InChI is InChI=1S/C19H28N2O4/c1-5-16-6-8-17(9-7-16)13(2)12-18(23)21(14(3)19(24)25)11-10-20-15(4)22/h6-9,13-14H,5,10-12H2,1-4H3,(H,20,22)(H,24,25). The number of carboxylic acid groups (broad SMARTS) is 1. The van der Waals surface area contributed by atoms with Crippen LogP contribution in [0.3, 0.4) is 0 Å². The summed E-state index contributed by atoms with van der Waals surface area (Å²) in [5.74, 6) is -1.51. The molecule has 0 aliphatic rings. The van der Waals surface area contributed by atoms with Gasteiger partial charge in [-0.3, -0.25) is 9.59 Å². The van der Waals surface area contributed by atoms with Crippen LogP contribution in [0.5, 0.6) is 0 Å². The van der Waals surface area contributed by atoms with E-state index < -0.39 is 12.0 Å². The van der Waals surface area contributed by atoms with Crippen molar-refractivity contribution in [2.24, 2.45) is 0 Å². The Morgan fingerprint density at radius 3 is 2.24 bits per heavy atom. The van der Waals surface area contributed by atoms with E-state index in [1.807, 2.05) is 31.2 Å². The monoisotopic (exact) mass is 348 g/mol. The molecule has 2 N–H and O–H groups in total. The Kier molecular flexibility index (Phi) is 8.11. The molecule has 25 heavy (non-hydrogen) atoms. The van der Waals surface area contributed by atoms with E-state index >= 15 is 0 Å². The molecule has 0 fully saturated rings. The first-order chi connectivity index (χ1) is 11.8. The maximum absolute atomic E-state index is 12.6. The van der Waals surface area contributed by atoms with Crippen molar-refractivity contribution in [3.63, 3.8) is 0 Å². The summed E-state index contributed by atoms with van der Waals surface area (Å²) in [5, 5.41) is 11.8. The number of amides is 2. The first-order valence-corrected chi connectivity index (χ1v) is 8.61. The van der Waals surface area contributed by atoms with Crippen molar-refractivity contribution in [1.82, 2.24) is 10.2 Å². The van der Waals surface area contributed by atoms with Crippen LogP contribution >= 0.6 is 0 Å². The van der Waals surface area contributed by atoms with E-state index in [4.69, 9.17) is 0 Å². The lowest BCUT2D eigenvalue weighted by Crippen LogP contribution is -2.47. The van der Waals surface area contributed by atoms with Crippen molar-refractivity contribution in [3.8, 4) is 0 Å². The molecule has 1 aromatic carbocycles. The van der Waals surface area contributed by atoms with E-state index in [0.717, 1.165) is 12.0 Å². The molecule has 2 atom stereocenters. The van der Waals surface area contributed by atoms with Gasteiger partial charge in [0, 0.05) is 26.4 Å². The number of carboxylic acids is 1. The Hall–Kier alpha value is -2.37. The lowest BCUT2D eigenvalue weighted by molar-refractivity contribution is -0.149. The summed E-state index contributed by atoms with van der Waals surface area (Å²) in [4.78, 5) is 36.2. The molecule has 0 saturated heterocycles. The third-order valence-corrected chi connectivity index (χ3v) is 4.31. The third-order valence-electron chi connectivity index (χ3n) is 4.31. The molecule has 1 aromatic rings. The molecule has 0 saturated carbocycles. The molecule has 0 aromatic heterocycles. The number of carbonyl (C=O) groups excluding carboxylic acids is 2. The predicted octanol–water partition coefficient (Wildman–Crippen LogP) is 2.18. The summed E-state index contributed by atoms with van der Waals surface area (Å²) in [7, 11) is 0. The van der Waals surface area contributed by atoms with Crippen LogP contribution in [-0.2, 0) is 20.8 Å². The summed E-state index contributed by atoms with van der Waals surface area (Å²) in [6.07, 6.45) is 1.18. The van der Waals surface area contributed by atoms with E-state index in [2.05, 4.69) is 12.2 Å². The van der Waals surface area contributed by atoms with Crippen LogP contribution in [0.25, 0.3) is 0 Å². The van der Waals surface area contributed by atoms with Crippen LogP contribution in [-0.4, -0.2) is 46.9 Å². The lowest BCUT2D eigenvalue weighted by Gasteiger charge is -2.28. The van der Waals surface area contributed by atoms with Gasteiger partial charge in [-0.1, -0.05) is 38.1 Å². The average Bonchev–Trinajstić information content (AvgIpc) is 2.57. The summed E-state index contributed by atoms with van der Waals surface area (Å²) < 4.78 is 0. The van der Waals surface area contributed by atoms with Gasteiger partial charge < -0.3 is 15.3 Å². The maximum atomic E-state index is 12.6. The number of benzene rings is 1. The molecule has 6 heteroatoms. The zero-order valence-corrected chi connectivity index (χ0v) is 15.4. The highest BCUT2D eigenvalue weighted by Crippen LogP contribution is 2.21. The van der Waals surface area contributed by atoms with Crippen molar-refractivity contribution in [1.29, 1.82) is 0 Å². The Morgan fingerprint density at radius 2 is 1.76 bits per heavy atom. The minimum Gasteiger partial charge on any atom is -0.480 e. The zero-order chi connectivity index (χ0) is 19.0. The minimum atomic E-state index is -1.06. The van der Waals surface area contributed by atoms with Gasteiger partial charge in [0.2, 0.25) is 11.8 Å². The average molecular weight is 348 g/mol. The van der Waals surface area contributed by atoms with Crippen molar-refractivity contribution < 1.29 is 19.5 Å². The fraction of sp³-hybridized carbons (Fsp3) is 0.526. The van der Waals surface area contributed by atoms with Gasteiger partial charge in [-0.05, 0) is 30.4 Å². The van der Waals surface area contributed by atoms with Crippen molar-refractivity contribution in [2.45, 2.75) is 52.5 Å². The highest BCUT2D eigenvalue weighted by Gasteiger charge is 2.26. The Morgan fingerprint density at radius 1 is 1.16 bits per heavy atom. The Labute approximate surface area is 149 Å². The van der Waals surface area contributed by atoms with Gasteiger partial charge >= 0.3 is 5.97 Å². The smallest absolute Gasteiger partial charge is 0.326 e. The van der Waals surface area contributed by atoms with E-state index in [1.54, 1.807) is 0 Å². The van der Waals surface area contributed by atoms with Crippen LogP contribution in [0.1, 0.15) is 51.2 Å². The van der Waals surface area contributed by atoms with E-state index in [-0.39, 0.29) is 37.2 Å². The molecule has 0 radical (unpaired) electrons. The number of hydrogen-bond donors (Lipinski definition) is 2. The second-order valence-corrected chi connectivity index (χ2v) is 6.28. The van der Waals surface area contributed by atoms with E-state index in [0.29, 0.717) is 0 Å². The highest BCUT2D eigenvalue weighted by atomic mass is 16.4. The summed E-state index contributed by atoms with van der Waals surface area (Å²) in [5.41, 5.74) is 2.29. The topological polar surface area (TPSA) is 86.7 Å². The van der Waals surface area contributed by atoms with Crippen LogP contribution < -0.4 is 5.32 Å². The molecule has 0 spiro atoms. The Bertz CT molecular complexity index is 598. The van der Waals surface area contributed by atoms with Crippen molar-refractivity contribution in [3.05, 3.63) is 35.4 Å². The third kappa shape index (κ3) is 6.57. The SMILES string of the molecule is CCc1ccc(C(C)CC(=O)N(CCNC(C)=O)C(C)C(=O)O)cc1. The molecule has 2 unspecified atom stereocenters. The molecule has 138 valence electrons. The first-order valence-electron chi connectivity index (χ1n) is 8.61. The lowest BCUT2D eigenvalue weighted by atomic mass is 9.95. The Balaban J connectivity index is 2.77. The van der Waals surface area contributed by atoms with Crippen LogP contribution in [0.2, 0.25) is 0 Å². The van der Waals surface area contributed by atoms with Gasteiger partial charge in [-0.2, -0.15) is 0 Å². The van der Waals surface area contributed by atoms with E-state index in [1.165, 1.54) is 24.3 Å². The zero-order valence-electron chi connectivity index (χ0n) is 15.4. The summed E-state index contributed by atoms with van der Waals surface area (Å²) in [6.45, 7) is 7.31. The fourth-order valence-corrected chi connectivity index (χ4v) is 2.60. The van der Waals surface area contributed by atoms with Crippen molar-refractivity contribution >= 4 is 17.8 Å². The molecule has 0 aliphatic carbocycles. The molecule has 0 heterocycles. The number of hydrogen-bond acceptors (Lipinski definition) is 3. The number of aryl methyl sites for hydroxylation is 1. The summed E-state index contributed by atoms with van der Waals surface area (Å²) in [6, 6.07) is 7.18. The molecule has 0 aliphatic heterocycles. The van der Waals surface area contributed by atoms with E-state index in [9.17, 15) is 19.5 Å². The van der Waals surface area contributed by atoms with Crippen LogP contribution in [0.15, 0.2) is 24.3 Å². The number of rotatable bonds is 9. The summed E-state index contributed by atoms with van der Waals surface area (Å²) >= 11 is 0. The predicted molar refractivity (Wildman–Crippen MR) is 96.3 cm³/mol. The largest absolute Gasteiger partial charge is 0.480 e. The second kappa shape index (κ2) is 9.81. The molecular weight excluding hydrogens is 320 g/mol. The molecule has 2 amide bonds. The van der Waals surface area contributed by atoms with Crippen LogP contribution in [0, 0.1) is 0 Å². The highest BCUT2D eigenvalue weighted by molar-refractivity contribution is 5.84. The van der Waals surface area contributed by atoms with Gasteiger partial charge in [0.1, 0.15) is 6.04 Å². The van der Waals surface area contributed by atoms with Crippen molar-refractivity contribution in [2.75, 3.05) is 13.1 Å². The quantitative estimate of drug-likeness (QED) is 0.716. The van der Waals surface area contributed by atoms with Gasteiger partial charge in [0.25, 0.3) is 0 Å². The van der Waals surface area contributed by atoms with Gasteiger partial charge in [-0.25, -0.2) is 4.79 Å². The minimum absolute atomic E-state index is 0.0114. The maximum Gasteiger partial charge on any atom is 0.326 e. The molecule has 0 bridgehead atoms.